The highest BCUT2D eigenvalue weighted by molar-refractivity contribution is 6.04. The maximum atomic E-state index is 13.4. The molecule has 2 aliphatic carbocycles. The number of nitrogens with one attached hydrogen (secondary N) is 1. The van der Waals surface area contributed by atoms with E-state index in [0.717, 1.165) is 5.56 Å². The van der Waals surface area contributed by atoms with Crippen LogP contribution in [0.15, 0.2) is 58.9 Å². The maximum absolute atomic E-state index is 13.4. The van der Waals surface area contributed by atoms with Crippen molar-refractivity contribution in [2.24, 2.45) is 0 Å². The predicted octanol–water partition coefficient (Wildman–Crippen LogP) is 4.72. The number of methoxy groups -OCH3 is 1. The summed E-state index contributed by atoms with van der Waals surface area (Å²) in [6.45, 7) is 10.8. The molecule has 180 valence electrons. The van der Waals surface area contributed by atoms with Gasteiger partial charge in [-0.3, -0.25) is 0 Å². The number of carbonyl (C=O) groups excluding carboxylic acids is 3. The van der Waals surface area contributed by atoms with Crippen LogP contribution in [-0.4, -0.2) is 37.2 Å². The second-order valence-electron chi connectivity index (χ2n) is 9.10. The van der Waals surface area contributed by atoms with E-state index in [1.165, 1.54) is 7.11 Å². The molecule has 7 heteroatoms. The number of allylic oxidation sites excluding steroid dienone is 2. The first kappa shape index (κ1) is 25.0. The standard InChI is InChI=1S/C27H31NO6/c1-8-33-25(30)21-15(2)28-16(3)22(26(31)34-27(4,5)6)23(21)19-14-20(24(29)32-7)18-13-11-9-10-12-17(18)19/h9-14,23,28H,8H2,1-7H3. The zero-order valence-corrected chi connectivity index (χ0v) is 20.7. The van der Waals surface area contributed by atoms with E-state index in [-0.39, 0.29) is 6.61 Å². The number of hydrogen-bond acceptors (Lipinski definition) is 7. The normalized spacial score (nSPS) is 16.3. The monoisotopic (exact) mass is 465 g/mol. The van der Waals surface area contributed by atoms with Crippen LogP contribution in [-0.2, 0) is 23.8 Å². The van der Waals surface area contributed by atoms with Gasteiger partial charge in [-0.15, -0.1) is 0 Å². The van der Waals surface area contributed by atoms with E-state index < -0.39 is 29.4 Å². The maximum Gasteiger partial charge on any atom is 0.338 e. The van der Waals surface area contributed by atoms with Crippen LogP contribution in [0.2, 0.25) is 0 Å². The molecule has 3 aliphatic rings. The van der Waals surface area contributed by atoms with Crippen LogP contribution in [0.1, 0.15) is 63.4 Å². The van der Waals surface area contributed by atoms with Crippen LogP contribution in [0, 0.1) is 0 Å². The Bertz CT molecular complexity index is 1170. The summed E-state index contributed by atoms with van der Waals surface area (Å²) >= 11 is 0. The fourth-order valence-electron chi connectivity index (χ4n) is 4.25. The molecule has 0 spiro atoms. The molecule has 0 aromatic heterocycles. The van der Waals surface area contributed by atoms with Crippen LogP contribution in [0.4, 0.5) is 0 Å². The van der Waals surface area contributed by atoms with Gasteiger partial charge in [-0.1, -0.05) is 30.3 Å². The largest absolute Gasteiger partial charge is 0.465 e. The lowest BCUT2D eigenvalue weighted by atomic mass is 9.79. The van der Waals surface area contributed by atoms with Gasteiger partial charge in [0.15, 0.2) is 0 Å². The molecular weight excluding hydrogens is 434 g/mol. The lowest BCUT2D eigenvalue weighted by molar-refractivity contribution is -0.150. The van der Waals surface area contributed by atoms with E-state index in [1.807, 2.05) is 30.3 Å². The first-order chi connectivity index (χ1) is 16.0. The lowest BCUT2D eigenvalue weighted by Crippen LogP contribution is -2.35. The highest BCUT2D eigenvalue weighted by Gasteiger charge is 2.41. The van der Waals surface area contributed by atoms with Gasteiger partial charge < -0.3 is 19.5 Å². The molecule has 3 rings (SSSR count). The Hall–Kier alpha value is -3.61. The van der Waals surface area contributed by atoms with E-state index in [2.05, 4.69) is 5.32 Å². The Kier molecular flexibility index (Phi) is 7.15. The lowest BCUT2D eigenvalue weighted by Gasteiger charge is -2.32. The minimum absolute atomic E-state index is 0.178. The van der Waals surface area contributed by atoms with Gasteiger partial charge in [0.1, 0.15) is 5.60 Å². The topological polar surface area (TPSA) is 90.9 Å². The van der Waals surface area contributed by atoms with Crippen molar-refractivity contribution in [2.45, 2.75) is 53.1 Å². The van der Waals surface area contributed by atoms with Crippen molar-refractivity contribution < 1.29 is 28.6 Å². The molecule has 0 aromatic carbocycles. The number of rotatable bonds is 5. The molecular formula is C27H31NO6. The van der Waals surface area contributed by atoms with Crippen LogP contribution >= 0.6 is 0 Å². The van der Waals surface area contributed by atoms with Crippen molar-refractivity contribution in [3.8, 4) is 11.1 Å². The van der Waals surface area contributed by atoms with E-state index in [9.17, 15) is 14.4 Å². The van der Waals surface area contributed by atoms with Gasteiger partial charge in [-0.05, 0) is 64.3 Å². The third kappa shape index (κ3) is 4.83. The average Bonchev–Trinajstić information content (AvgIpc) is 2.91. The highest BCUT2D eigenvalue weighted by Crippen LogP contribution is 2.46. The Morgan fingerprint density at radius 3 is 2.06 bits per heavy atom. The minimum Gasteiger partial charge on any atom is -0.465 e. The zero-order chi connectivity index (χ0) is 25.2. The van der Waals surface area contributed by atoms with Crippen molar-refractivity contribution in [2.75, 3.05) is 13.7 Å². The third-order valence-electron chi connectivity index (χ3n) is 5.53. The molecule has 0 saturated carbocycles. The highest BCUT2D eigenvalue weighted by atomic mass is 16.6. The summed E-state index contributed by atoms with van der Waals surface area (Å²) in [6, 6.07) is 10.9. The molecule has 0 bridgehead atoms. The van der Waals surface area contributed by atoms with Crippen LogP contribution in [0.3, 0.4) is 0 Å². The number of dihydropyridines is 1. The van der Waals surface area contributed by atoms with Crippen molar-refractivity contribution in [3.05, 3.63) is 70.1 Å². The number of carbonyl (C=O) groups is 3. The third-order valence-corrected chi connectivity index (χ3v) is 5.53. The molecule has 0 saturated heterocycles. The van der Waals surface area contributed by atoms with Gasteiger partial charge in [-0.25, -0.2) is 14.4 Å². The Morgan fingerprint density at radius 1 is 0.912 bits per heavy atom. The number of ether oxygens (including phenoxy) is 3. The van der Waals surface area contributed by atoms with Gasteiger partial charge in [0.2, 0.25) is 0 Å². The second kappa shape index (κ2) is 9.71. The molecule has 0 aromatic rings. The van der Waals surface area contributed by atoms with Crippen molar-refractivity contribution in [1.29, 1.82) is 0 Å². The average molecular weight is 466 g/mol. The van der Waals surface area contributed by atoms with E-state index in [1.54, 1.807) is 47.6 Å². The van der Waals surface area contributed by atoms with Crippen molar-refractivity contribution in [3.63, 3.8) is 0 Å². The van der Waals surface area contributed by atoms with Gasteiger partial charge in [0, 0.05) is 11.4 Å². The Morgan fingerprint density at radius 2 is 1.50 bits per heavy atom. The van der Waals surface area contributed by atoms with Crippen molar-refractivity contribution >= 4 is 17.9 Å². The summed E-state index contributed by atoms with van der Waals surface area (Å²) in [4.78, 5) is 39.2. The van der Waals surface area contributed by atoms with Gasteiger partial charge in [0.25, 0.3) is 0 Å². The van der Waals surface area contributed by atoms with Gasteiger partial charge >= 0.3 is 17.9 Å². The molecule has 1 N–H and O–H groups in total. The molecule has 0 amide bonds. The van der Waals surface area contributed by atoms with Crippen molar-refractivity contribution in [1.82, 2.24) is 5.32 Å². The van der Waals surface area contributed by atoms with E-state index in [0.29, 0.717) is 39.2 Å². The first-order valence-corrected chi connectivity index (χ1v) is 11.2. The Balaban J connectivity index is 2.34. The molecule has 1 aliphatic heterocycles. The predicted molar refractivity (Wildman–Crippen MR) is 128 cm³/mol. The number of hydrogen-bond donors (Lipinski definition) is 1. The van der Waals surface area contributed by atoms with Crippen LogP contribution in [0.25, 0.3) is 11.1 Å². The molecule has 1 heterocycles. The molecule has 7 nitrogen and oxygen atoms in total. The number of esters is 3. The minimum atomic E-state index is -0.807. The Labute approximate surface area is 200 Å². The second-order valence-corrected chi connectivity index (χ2v) is 9.10. The quantitative estimate of drug-likeness (QED) is 0.505. The number of fused-ring (bicyclic) bond motifs is 1. The zero-order valence-electron chi connectivity index (χ0n) is 20.7. The van der Waals surface area contributed by atoms with Crippen LogP contribution < -0.4 is 5.32 Å². The van der Waals surface area contributed by atoms with Gasteiger partial charge in [-0.2, -0.15) is 0 Å². The summed E-state index contributed by atoms with van der Waals surface area (Å²) < 4.78 is 16.1. The molecule has 0 radical (unpaired) electrons. The summed E-state index contributed by atoms with van der Waals surface area (Å²) in [7, 11) is 1.32. The molecule has 1 atom stereocenters. The fourth-order valence-corrected chi connectivity index (χ4v) is 4.25. The summed E-state index contributed by atoms with van der Waals surface area (Å²) in [5.41, 5.74) is 3.34. The summed E-state index contributed by atoms with van der Waals surface area (Å²) in [5.74, 6) is -2.40. The molecule has 34 heavy (non-hydrogen) atoms. The summed E-state index contributed by atoms with van der Waals surface area (Å²) in [5, 5.41) is 3.15. The molecule has 1 unspecified atom stereocenters. The van der Waals surface area contributed by atoms with Crippen LogP contribution in [0.5, 0.6) is 0 Å². The summed E-state index contributed by atoms with van der Waals surface area (Å²) in [6.07, 6.45) is 0. The smallest absolute Gasteiger partial charge is 0.338 e. The van der Waals surface area contributed by atoms with E-state index in [4.69, 9.17) is 14.2 Å². The van der Waals surface area contributed by atoms with E-state index >= 15 is 0 Å². The first-order valence-electron chi connectivity index (χ1n) is 11.2. The molecule has 0 fully saturated rings. The SMILES string of the molecule is CCOC(=O)C1=C(C)NC(C)=C(C(=O)OC(C)(C)C)C1c1cc(C(=O)OC)c2cccccc1-2. The van der Waals surface area contributed by atoms with Gasteiger partial charge in [0.05, 0.1) is 36.3 Å². The fraction of sp³-hybridized carbons (Fsp3) is 0.370.